The standard InChI is InChI=1S/C13H17N3O2/c1-2-3-5-9(8-14)16-12(17)10-6-4-7-15-11(10)13(16)18/h4,6-7,9H,2-3,5,8,14H2,1H3. The Morgan fingerprint density at radius 2 is 2.17 bits per heavy atom. The van der Waals surface area contributed by atoms with E-state index in [1.165, 1.54) is 11.1 Å². The number of pyridine rings is 1. The first-order valence-corrected chi connectivity index (χ1v) is 6.23. The number of carbonyl (C=O) groups is 2. The highest BCUT2D eigenvalue weighted by Gasteiger charge is 2.40. The molecule has 0 aromatic carbocycles. The van der Waals surface area contributed by atoms with E-state index in [9.17, 15) is 9.59 Å². The number of nitrogens with two attached hydrogens (primary N) is 1. The lowest BCUT2D eigenvalue weighted by atomic mass is 10.1. The summed E-state index contributed by atoms with van der Waals surface area (Å²) in [4.78, 5) is 29.6. The fourth-order valence-electron chi connectivity index (χ4n) is 2.21. The zero-order valence-electron chi connectivity index (χ0n) is 10.4. The van der Waals surface area contributed by atoms with Crippen molar-refractivity contribution in [2.45, 2.75) is 32.2 Å². The quantitative estimate of drug-likeness (QED) is 0.793. The van der Waals surface area contributed by atoms with Gasteiger partial charge in [-0.3, -0.25) is 19.5 Å². The molecule has 2 amide bonds. The predicted octanol–water partition coefficient (Wildman–Crippen LogP) is 1.20. The van der Waals surface area contributed by atoms with Crippen LogP contribution in [0.1, 0.15) is 47.0 Å². The Morgan fingerprint density at radius 3 is 2.78 bits per heavy atom. The average Bonchev–Trinajstić information content (AvgIpc) is 2.65. The van der Waals surface area contributed by atoms with Gasteiger partial charge in [0.05, 0.1) is 11.6 Å². The summed E-state index contributed by atoms with van der Waals surface area (Å²) in [7, 11) is 0. The first-order valence-electron chi connectivity index (χ1n) is 6.23. The van der Waals surface area contributed by atoms with Crippen LogP contribution in [-0.2, 0) is 0 Å². The number of imide groups is 1. The monoisotopic (exact) mass is 247 g/mol. The zero-order valence-corrected chi connectivity index (χ0v) is 10.4. The van der Waals surface area contributed by atoms with E-state index >= 15 is 0 Å². The molecule has 0 aliphatic carbocycles. The van der Waals surface area contributed by atoms with Gasteiger partial charge in [-0.2, -0.15) is 0 Å². The molecule has 5 nitrogen and oxygen atoms in total. The third kappa shape index (κ3) is 2.01. The van der Waals surface area contributed by atoms with Crippen LogP contribution in [-0.4, -0.2) is 34.3 Å². The lowest BCUT2D eigenvalue weighted by Crippen LogP contribution is -2.44. The summed E-state index contributed by atoms with van der Waals surface area (Å²) in [5.74, 6) is -0.586. The minimum Gasteiger partial charge on any atom is -0.328 e. The third-order valence-corrected chi connectivity index (χ3v) is 3.21. The number of carbonyl (C=O) groups excluding carboxylic acids is 2. The molecule has 5 heteroatoms. The second kappa shape index (κ2) is 5.27. The Bertz CT molecular complexity index is 438. The van der Waals surface area contributed by atoms with E-state index in [4.69, 9.17) is 5.73 Å². The number of nitrogens with zero attached hydrogens (tertiary/aromatic N) is 2. The average molecular weight is 247 g/mol. The molecule has 2 rings (SSSR count). The number of rotatable bonds is 5. The Kier molecular flexibility index (Phi) is 3.72. The maximum atomic E-state index is 12.2. The van der Waals surface area contributed by atoms with Crippen molar-refractivity contribution in [2.24, 2.45) is 5.73 Å². The van der Waals surface area contributed by atoms with Crippen LogP contribution >= 0.6 is 0 Å². The molecule has 1 unspecified atom stereocenters. The summed E-state index contributed by atoms with van der Waals surface area (Å²) < 4.78 is 0. The highest BCUT2D eigenvalue weighted by atomic mass is 16.2. The summed E-state index contributed by atoms with van der Waals surface area (Å²) in [5.41, 5.74) is 6.32. The van der Waals surface area contributed by atoms with E-state index in [0.29, 0.717) is 12.1 Å². The molecule has 1 aromatic rings. The van der Waals surface area contributed by atoms with Crippen LogP contribution in [0.15, 0.2) is 18.3 Å². The van der Waals surface area contributed by atoms with Gasteiger partial charge in [-0.05, 0) is 18.6 Å². The van der Waals surface area contributed by atoms with Crippen molar-refractivity contribution in [1.82, 2.24) is 9.88 Å². The molecular formula is C13H17N3O2. The third-order valence-electron chi connectivity index (χ3n) is 3.21. The van der Waals surface area contributed by atoms with Crippen molar-refractivity contribution in [1.29, 1.82) is 0 Å². The van der Waals surface area contributed by atoms with Crippen LogP contribution in [0.3, 0.4) is 0 Å². The van der Waals surface area contributed by atoms with E-state index in [1.807, 2.05) is 0 Å². The topological polar surface area (TPSA) is 76.3 Å². The molecule has 1 aliphatic rings. The van der Waals surface area contributed by atoms with Crippen LogP contribution in [0.25, 0.3) is 0 Å². The van der Waals surface area contributed by atoms with Crippen molar-refractivity contribution >= 4 is 11.8 Å². The molecule has 0 saturated carbocycles. The zero-order chi connectivity index (χ0) is 13.1. The van der Waals surface area contributed by atoms with Crippen LogP contribution in [0, 0.1) is 0 Å². The lowest BCUT2D eigenvalue weighted by molar-refractivity contribution is 0.0578. The molecule has 1 aliphatic heterocycles. The predicted molar refractivity (Wildman–Crippen MR) is 67.1 cm³/mol. The molecule has 0 saturated heterocycles. The van der Waals surface area contributed by atoms with Gasteiger partial charge in [-0.15, -0.1) is 0 Å². The lowest BCUT2D eigenvalue weighted by Gasteiger charge is -2.24. The maximum absolute atomic E-state index is 12.2. The molecule has 2 heterocycles. The Labute approximate surface area is 106 Å². The van der Waals surface area contributed by atoms with E-state index in [2.05, 4.69) is 11.9 Å². The van der Waals surface area contributed by atoms with Crippen LogP contribution in [0.2, 0.25) is 0 Å². The van der Waals surface area contributed by atoms with Crippen molar-refractivity contribution < 1.29 is 9.59 Å². The molecule has 0 bridgehead atoms. The van der Waals surface area contributed by atoms with Crippen molar-refractivity contribution in [3.8, 4) is 0 Å². The molecule has 0 radical (unpaired) electrons. The summed E-state index contributed by atoms with van der Waals surface area (Å²) in [6.45, 7) is 2.36. The Hall–Kier alpha value is -1.75. The molecular weight excluding hydrogens is 230 g/mol. The molecule has 0 fully saturated rings. The number of hydrogen-bond acceptors (Lipinski definition) is 4. The highest BCUT2D eigenvalue weighted by molar-refractivity contribution is 6.20. The molecule has 0 spiro atoms. The van der Waals surface area contributed by atoms with Gasteiger partial charge in [0, 0.05) is 12.7 Å². The number of fused-ring (bicyclic) bond motifs is 1. The van der Waals surface area contributed by atoms with Gasteiger partial charge in [-0.25, -0.2) is 0 Å². The molecule has 1 atom stereocenters. The van der Waals surface area contributed by atoms with Crippen LogP contribution in [0.4, 0.5) is 0 Å². The fraction of sp³-hybridized carbons (Fsp3) is 0.462. The molecule has 18 heavy (non-hydrogen) atoms. The van der Waals surface area contributed by atoms with Gasteiger partial charge in [0.15, 0.2) is 0 Å². The van der Waals surface area contributed by atoms with Gasteiger partial charge in [0.1, 0.15) is 5.69 Å². The summed E-state index contributed by atoms with van der Waals surface area (Å²) in [6, 6.07) is 3.08. The Balaban J connectivity index is 2.26. The van der Waals surface area contributed by atoms with Gasteiger partial charge in [0.25, 0.3) is 11.8 Å². The first kappa shape index (κ1) is 12.7. The van der Waals surface area contributed by atoms with E-state index < -0.39 is 0 Å². The van der Waals surface area contributed by atoms with Gasteiger partial charge in [0.2, 0.25) is 0 Å². The molecule has 96 valence electrons. The Morgan fingerprint density at radius 1 is 1.39 bits per heavy atom. The summed E-state index contributed by atoms with van der Waals surface area (Å²) in [6.07, 6.45) is 4.23. The first-order chi connectivity index (χ1) is 8.70. The SMILES string of the molecule is CCCCC(CN)N1C(=O)c2cccnc2C1=O. The number of hydrogen-bond donors (Lipinski definition) is 1. The number of amides is 2. The molecule has 2 N–H and O–H groups in total. The van der Waals surface area contributed by atoms with Crippen LogP contribution in [0.5, 0.6) is 0 Å². The second-order valence-electron chi connectivity index (χ2n) is 4.41. The summed E-state index contributed by atoms with van der Waals surface area (Å²) in [5, 5.41) is 0. The minimum atomic E-state index is -0.317. The summed E-state index contributed by atoms with van der Waals surface area (Å²) >= 11 is 0. The van der Waals surface area contributed by atoms with Crippen molar-refractivity contribution in [2.75, 3.05) is 6.54 Å². The largest absolute Gasteiger partial charge is 0.328 e. The van der Waals surface area contributed by atoms with Crippen LogP contribution < -0.4 is 5.73 Å². The molecule has 1 aromatic heterocycles. The maximum Gasteiger partial charge on any atom is 0.280 e. The fourth-order valence-corrected chi connectivity index (χ4v) is 2.21. The van der Waals surface area contributed by atoms with Gasteiger partial charge < -0.3 is 5.73 Å². The highest BCUT2D eigenvalue weighted by Crippen LogP contribution is 2.24. The van der Waals surface area contributed by atoms with E-state index in [1.54, 1.807) is 12.1 Å². The van der Waals surface area contributed by atoms with Gasteiger partial charge in [-0.1, -0.05) is 19.8 Å². The van der Waals surface area contributed by atoms with Gasteiger partial charge >= 0.3 is 0 Å². The normalized spacial score (nSPS) is 16.0. The second-order valence-corrected chi connectivity index (χ2v) is 4.41. The number of unbranched alkanes of at least 4 members (excludes halogenated alkanes) is 1. The van der Waals surface area contributed by atoms with Crippen molar-refractivity contribution in [3.05, 3.63) is 29.6 Å². The minimum absolute atomic E-state index is 0.223. The van der Waals surface area contributed by atoms with Crippen molar-refractivity contribution in [3.63, 3.8) is 0 Å². The number of aromatic nitrogens is 1. The van der Waals surface area contributed by atoms with E-state index in [0.717, 1.165) is 19.3 Å². The smallest absolute Gasteiger partial charge is 0.280 e. The van der Waals surface area contributed by atoms with E-state index in [-0.39, 0.29) is 23.6 Å².